The second-order valence-electron chi connectivity index (χ2n) is 5.03. The molecule has 1 N–H and O–H groups in total. The van der Waals surface area contributed by atoms with E-state index in [1.807, 2.05) is 24.0 Å². The van der Waals surface area contributed by atoms with Crippen LogP contribution in [-0.2, 0) is 14.6 Å². The van der Waals surface area contributed by atoms with Crippen LogP contribution in [0.3, 0.4) is 0 Å². The van der Waals surface area contributed by atoms with Crippen molar-refractivity contribution in [3.05, 3.63) is 24.3 Å². The van der Waals surface area contributed by atoms with Crippen molar-refractivity contribution in [3.8, 4) is 0 Å². The molecule has 2 unspecified atom stereocenters. The zero-order valence-electron chi connectivity index (χ0n) is 11.8. The van der Waals surface area contributed by atoms with Crippen LogP contribution < -0.4 is 4.90 Å². The van der Waals surface area contributed by atoms with Crippen LogP contribution in [0.5, 0.6) is 0 Å². The standard InChI is InChI=1S/C14H21NO4S/c1-3-20(17,18)14-7-5-4-6-13(14)15-8-11(2)19-12(9-15)10-16/h4-7,11-12,16H,3,8-10H2,1-2H3. The lowest BCUT2D eigenvalue weighted by atomic mass is 10.2. The first-order chi connectivity index (χ1) is 9.47. The molecular weight excluding hydrogens is 278 g/mol. The molecule has 0 spiro atoms. The maximum atomic E-state index is 12.2. The zero-order chi connectivity index (χ0) is 14.8. The number of aliphatic hydroxyl groups excluding tert-OH is 1. The highest BCUT2D eigenvalue weighted by atomic mass is 32.2. The van der Waals surface area contributed by atoms with E-state index in [1.165, 1.54) is 0 Å². The van der Waals surface area contributed by atoms with E-state index in [2.05, 4.69) is 0 Å². The Hall–Kier alpha value is -1.11. The molecule has 6 heteroatoms. The van der Waals surface area contributed by atoms with Gasteiger partial charge < -0.3 is 14.7 Å². The molecule has 0 amide bonds. The van der Waals surface area contributed by atoms with Gasteiger partial charge in [0.15, 0.2) is 9.84 Å². The third kappa shape index (κ3) is 3.13. The molecule has 0 saturated carbocycles. The van der Waals surface area contributed by atoms with Crippen molar-refractivity contribution in [1.29, 1.82) is 0 Å². The van der Waals surface area contributed by atoms with Crippen molar-refractivity contribution in [3.63, 3.8) is 0 Å². The van der Waals surface area contributed by atoms with E-state index < -0.39 is 9.84 Å². The summed E-state index contributed by atoms with van der Waals surface area (Å²) in [6, 6.07) is 7.02. The monoisotopic (exact) mass is 299 g/mol. The van der Waals surface area contributed by atoms with Crippen LogP contribution in [0.25, 0.3) is 0 Å². The van der Waals surface area contributed by atoms with Crippen LogP contribution in [-0.4, -0.2) is 51.2 Å². The molecule has 1 saturated heterocycles. The van der Waals surface area contributed by atoms with Gasteiger partial charge in [-0.1, -0.05) is 19.1 Å². The van der Waals surface area contributed by atoms with Gasteiger partial charge in [0.05, 0.1) is 35.2 Å². The van der Waals surface area contributed by atoms with Gasteiger partial charge in [-0.2, -0.15) is 0 Å². The maximum Gasteiger partial charge on any atom is 0.180 e. The smallest absolute Gasteiger partial charge is 0.180 e. The van der Waals surface area contributed by atoms with Gasteiger partial charge in [-0.05, 0) is 19.1 Å². The van der Waals surface area contributed by atoms with Crippen LogP contribution in [0.2, 0.25) is 0 Å². The molecule has 112 valence electrons. The number of ether oxygens (including phenoxy) is 1. The fourth-order valence-corrected chi connectivity index (χ4v) is 3.59. The van der Waals surface area contributed by atoms with Crippen LogP contribution in [0.15, 0.2) is 29.2 Å². The number of rotatable bonds is 4. The SMILES string of the molecule is CCS(=O)(=O)c1ccccc1N1CC(C)OC(CO)C1. The highest BCUT2D eigenvalue weighted by molar-refractivity contribution is 7.91. The summed E-state index contributed by atoms with van der Waals surface area (Å²) in [6.45, 7) is 4.61. The van der Waals surface area contributed by atoms with Crippen molar-refractivity contribution in [2.75, 3.05) is 30.3 Å². The summed E-state index contributed by atoms with van der Waals surface area (Å²) >= 11 is 0. The highest BCUT2D eigenvalue weighted by Gasteiger charge is 2.28. The molecule has 1 aromatic carbocycles. The summed E-state index contributed by atoms with van der Waals surface area (Å²) < 4.78 is 30.0. The summed E-state index contributed by atoms with van der Waals surface area (Å²) in [5.74, 6) is 0.0767. The Morgan fingerprint density at radius 1 is 1.35 bits per heavy atom. The number of para-hydroxylation sites is 1. The number of nitrogens with zero attached hydrogens (tertiary/aromatic N) is 1. The minimum absolute atomic E-state index is 0.0433. The molecule has 1 aliphatic heterocycles. The molecular formula is C14H21NO4S. The topological polar surface area (TPSA) is 66.8 Å². The summed E-state index contributed by atoms with van der Waals surface area (Å²) in [4.78, 5) is 2.34. The molecule has 0 aromatic heterocycles. The summed E-state index contributed by atoms with van der Waals surface area (Å²) in [7, 11) is -3.26. The molecule has 1 aromatic rings. The molecule has 2 rings (SSSR count). The molecule has 0 aliphatic carbocycles. The number of sulfone groups is 1. The van der Waals surface area contributed by atoms with Crippen LogP contribution in [0.4, 0.5) is 5.69 Å². The predicted molar refractivity (Wildman–Crippen MR) is 77.8 cm³/mol. The molecule has 2 atom stereocenters. The molecule has 1 heterocycles. The lowest BCUT2D eigenvalue weighted by Crippen LogP contribution is -2.48. The number of hydrogen-bond donors (Lipinski definition) is 1. The second-order valence-corrected chi connectivity index (χ2v) is 7.27. The average Bonchev–Trinajstić information content (AvgIpc) is 2.46. The number of morpholine rings is 1. The van der Waals surface area contributed by atoms with E-state index >= 15 is 0 Å². The minimum atomic E-state index is -3.26. The third-order valence-corrected chi connectivity index (χ3v) is 5.23. The highest BCUT2D eigenvalue weighted by Crippen LogP contribution is 2.28. The molecule has 1 fully saturated rings. The van der Waals surface area contributed by atoms with Crippen LogP contribution in [0, 0.1) is 0 Å². The van der Waals surface area contributed by atoms with E-state index in [-0.39, 0.29) is 24.6 Å². The van der Waals surface area contributed by atoms with Gasteiger partial charge in [-0.25, -0.2) is 8.42 Å². The largest absolute Gasteiger partial charge is 0.394 e. The molecule has 0 bridgehead atoms. The van der Waals surface area contributed by atoms with E-state index in [4.69, 9.17) is 4.74 Å². The summed E-state index contributed by atoms with van der Waals surface area (Å²) in [6.07, 6.45) is -0.325. The Morgan fingerprint density at radius 3 is 2.70 bits per heavy atom. The van der Waals surface area contributed by atoms with Crippen molar-refractivity contribution in [2.24, 2.45) is 0 Å². The average molecular weight is 299 g/mol. The molecule has 0 radical (unpaired) electrons. The van der Waals surface area contributed by atoms with Gasteiger partial charge >= 0.3 is 0 Å². The van der Waals surface area contributed by atoms with Crippen molar-refractivity contribution >= 4 is 15.5 Å². The first kappa shape index (κ1) is 15.3. The number of hydrogen-bond acceptors (Lipinski definition) is 5. The van der Waals surface area contributed by atoms with Crippen molar-refractivity contribution < 1.29 is 18.3 Å². The van der Waals surface area contributed by atoms with Gasteiger partial charge in [0, 0.05) is 13.1 Å². The van der Waals surface area contributed by atoms with Crippen molar-refractivity contribution in [2.45, 2.75) is 31.0 Å². The Balaban J connectivity index is 2.38. The first-order valence-electron chi connectivity index (χ1n) is 6.81. The zero-order valence-corrected chi connectivity index (χ0v) is 12.6. The Bertz CT molecular complexity index is 558. The number of benzene rings is 1. The summed E-state index contributed by atoms with van der Waals surface area (Å²) in [5, 5.41) is 9.28. The third-order valence-electron chi connectivity index (χ3n) is 3.45. The first-order valence-corrected chi connectivity index (χ1v) is 8.46. The van der Waals surface area contributed by atoms with Gasteiger partial charge in [-0.3, -0.25) is 0 Å². The van der Waals surface area contributed by atoms with E-state index in [1.54, 1.807) is 19.1 Å². The Morgan fingerprint density at radius 2 is 2.05 bits per heavy atom. The van der Waals surface area contributed by atoms with E-state index in [0.717, 1.165) is 0 Å². The number of anilines is 1. The van der Waals surface area contributed by atoms with Gasteiger partial charge in [-0.15, -0.1) is 0 Å². The maximum absolute atomic E-state index is 12.2. The number of aliphatic hydroxyl groups is 1. The van der Waals surface area contributed by atoms with Gasteiger partial charge in [0.2, 0.25) is 0 Å². The molecule has 20 heavy (non-hydrogen) atoms. The molecule has 1 aliphatic rings. The van der Waals surface area contributed by atoms with Crippen LogP contribution >= 0.6 is 0 Å². The van der Waals surface area contributed by atoms with E-state index in [0.29, 0.717) is 23.7 Å². The Kier molecular flexibility index (Phi) is 4.67. The quantitative estimate of drug-likeness (QED) is 0.900. The van der Waals surface area contributed by atoms with Gasteiger partial charge in [0.1, 0.15) is 0 Å². The fraction of sp³-hybridized carbons (Fsp3) is 0.571. The molecule has 5 nitrogen and oxygen atoms in total. The predicted octanol–water partition coefficient (Wildman–Crippen LogP) is 1.07. The normalized spacial score (nSPS) is 23.9. The Labute approximate surface area is 120 Å². The van der Waals surface area contributed by atoms with Gasteiger partial charge in [0.25, 0.3) is 0 Å². The lowest BCUT2D eigenvalue weighted by Gasteiger charge is -2.38. The minimum Gasteiger partial charge on any atom is -0.394 e. The lowest BCUT2D eigenvalue weighted by molar-refractivity contribution is -0.0422. The van der Waals surface area contributed by atoms with Crippen molar-refractivity contribution in [1.82, 2.24) is 0 Å². The fourth-order valence-electron chi connectivity index (χ4n) is 2.48. The second kappa shape index (κ2) is 6.11. The van der Waals surface area contributed by atoms with Crippen LogP contribution in [0.1, 0.15) is 13.8 Å². The van der Waals surface area contributed by atoms with E-state index in [9.17, 15) is 13.5 Å². The summed E-state index contributed by atoms with van der Waals surface area (Å²) in [5.41, 5.74) is 0.697.